The summed E-state index contributed by atoms with van der Waals surface area (Å²) in [5.41, 5.74) is 2.40. The zero-order valence-corrected chi connectivity index (χ0v) is 16.2. The third-order valence-corrected chi connectivity index (χ3v) is 4.42. The van der Waals surface area contributed by atoms with Crippen LogP contribution in [0.4, 0.5) is 5.69 Å². The Balaban J connectivity index is 2.01. The van der Waals surface area contributed by atoms with E-state index in [4.69, 9.17) is 25.8 Å². The molecule has 0 saturated carbocycles. The fraction of sp³-hybridized carbons (Fsp3) is 0.200. The van der Waals surface area contributed by atoms with Crippen LogP contribution in [0.3, 0.4) is 0 Å². The van der Waals surface area contributed by atoms with Crippen LogP contribution in [0, 0.1) is 0 Å². The molecule has 0 aromatic heterocycles. The van der Waals surface area contributed by atoms with E-state index < -0.39 is 0 Å². The highest BCUT2D eigenvalue weighted by molar-refractivity contribution is 6.32. The molecule has 3 rings (SSSR count). The van der Waals surface area contributed by atoms with Crippen LogP contribution in [-0.2, 0) is 4.79 Å². The maximum absolute atomic E-state index is 12.9. The van der Waals surface area contributed by atoms with Gasteiger partial charge in [0.1, 0.15) is 5.75 Å². The second kappa shape index (κ2) is 7.72. The van der Waals surface area contributed by atoms with Gasteiger partial charge in [0.2, 0.25) is 0 Å². The predicted molar refractivity (Wildman–Crippen MR) is 106 cm³/mol. The number of ether oxygens (including phenoxy) is 3. The number of hydrazone groups is 1. The second-order valence-corrected chi connectivity index (χ2v) is 6.22. The standard InChI is InChI=1S/C20H19ClN2O4/c1-12-16(20(24)23(22-12)15-7-5-14(21)6-8-15)9-13-10-18(26-3)19(27-4)11-17(13)25-2/h5-11H,1-4H3/b16-9+. The van der Waals surface area contributed by atoms with Crippen LogP contribution in [0.15, 0.2) is 47.1 Å². The van der Waals surface area contributed by atoms with E-state index in [2.05, 4.69) is 5.10 Å². The van der Waals surface area contributed by atoms with E-state index in [9.17, 15) is 4.79 Å². The number of nitrogens with zero attached hydrogens (tertiary/aromatic N) is 2. The molecular weight excluding hydrogens is 368 g/mol. The monoisotopic (exact) mass is 386 g/mol. The van der Waals surface area contributed by atoms with Gasteiger partial charge in [-0.2, -0.15) is 10.1 Å². The number of hydrogen-bond acceptors (Lipinski definition) is 5. The lowest BCUT2D eigenvalue weighted by Gasteiger charge is -2.13. The minimum Gasteiger partial charge on any atom is -0.496 e. The fourth-order valence-corrected chi connectivity index (χ4v) is 2.89. The molecule has 2 aromatic carbocycles. The molecule has 0 spiro atoms. The molecule has 0 aliphatic carbocycles. The Morgan fingerprint density at radius 2 is 1.56 bits per heavy atom. The molecule has 1 aliphatic heterocycles. The molecule has 27 heavy (non-hydrogen) atoms. The van der Waals surface area contributed by atoms with Crippen molar-refractivity contribution < 1.29 is 19.0 Å². The number of carbonyl (C=O) groups is 1. The Bertz CT molecular complexity index is 936. The smallest absolute Gasteiger partial charge is 0.280 e. The van der Waals surface area contributed by atoms with Crippen LogP contribution in [0.25, 0.3) is 6.08 Å². The molecule has 0 saturated heterocycles. The van der Waals surface area contributed by atoms with Crippen LogP contribution < -0.4 is 19.2 Å². The zero-order chi connectivity index (χ0) is 19.6. The normalized spacial score (nSPS) is 15.1. The molecule has 6 nitrogen and oxygen atoms in total. The van der Waals surface area contributed by atoms with Crippen molar-refractivity contribution in [2.75, 3.05) is 26.3 Å². The van der Waals surface area contributed by atoms with Crippen LogP contribution in [-0.4, -0.2) is 32.9 Å². The van der Waals surface area contributed by atoms with Crippen LogP contribution >= 0.6 is 11.6 Å². The first kappa shape index (κ1) is 18.8. The summed E-state index contributed by atoms with van der Waals surface area (Å²) in [6.07, 6.45) is 1.73. The highest BCUT2D eigenvalue weighted by Crippen LogP contribution is 2.36. The molecule has 1 aliphatic rings. The van der Waals surface area contributed by atoms with Crippen molar-refractivity contribution in [2.45, 2.75) is 6.92 Å². The van der Waals surface area contributed by atoms with Gasteiger partial charge in [0.25, 0.3) is 5.91 Å². The van der Waals surface area contributed by atoms with Gasteiger partial charge in [0.15, 0.2) is 11.5 Å². The number of amides is 1. The van der Waals surface area contributed by atoms with Crippen LogP contribution in [0.5, 0.6) is 17.2 Å². The van der Waals surface area contributed by atoms with Crippen molar-refractivity contribution in [1.82, 2.24) is 0 Å². The Hall–Kier alpha value is -2.99. The number of anilines is 1. The van der Waals surface area contributed by atoms with Crippen LogP contribution in [0.2, 0.25) is 5.02 Å². The molecule has 0 N–H and O–H groups in total. The minimum absolute atomic E-state index is 0.230. The van der Waals surface area contributed by atoms with E-state index in [-0.39, 0.29) is 5.91 Å². The molecular formula is C20H19ClN2O4. The van der Waals surface area contributed by atoms with Gasteiger partial charge in [-0.05, 0) is 43.3 Å². The first-order valence-electron chi connectivity index (χ1n) is 8.15. The Morgan fingerprint density at radius 1 is 0.963 bits per heavy atom. The van der Waals surface area contributed by atoms with Crippen molar-refractivity contribution in [1.29, 1.82) is 0 Å². The van der Waals surface area contributed by atoms with E-state index in [1.807, 2.05) is 0 Å². The minimum atomic E-state index is -0.230. The lowest BCUT2D eigenvalue weighted by atomic mass is 10.1. The predicted octanol–water partition coefficient (Wildman–Crippen LogP) is 4.17. The van der Waals surface area contributed by atoms with Gasteiger partial charge in [0, 0.05) is 16.7 Å². The van der Waals surface area contributed by atoms with Gasteiger partial charge < -0.3 is 14.2 Å². The van der Waals surface area contributed by atoms with Crippen molar-refractivity contribution in [3.63, 3.8) is 0 Å². The summed E-state index contributed by atoms with van der Waals surface area (Å²) in [5, 5.41) is 6.32. The summed E-state index contributed by atoms with van der Waals surface area (Å²) in [7, 11) is 4.66. The average molecular weight is 387 g/mol. The quantitative estimate of drug-likeness (QED) is 0.723. The third-order valence-electron chi connectivity index (χ3n) is 4.17. The second-order valence-electron chi connectivity index (χ2n) is 5.79. The van der Waals surface area contributed by atoms with Gasteiger partial charge in [-0.3, -0.25) is 4.79 Å². The Labute approximate surface area is 162 Å². The van der Waals surface area contributed by atoms with Crippen molar-refractivity contribution in [2.24, 2.45) is 5.10 Å². The number of rotatable bonds is 5. The first-order chi connectivity index (χ1) is 13.0. The highest BCUT2D eigenvalue weighted by atomic mass is 35.5. The van der Waals surface area contributed by atoms with E-state index in [0.717, 1.165) is 0 Å². The van der Waals surface area contributed by atoms with E-state index in [0.29, 0.717) is 44.8 Å². The maximum atomic E-state index is 12.9. The van der Waals surface area contributed by atoms with Crippen molar-refractivity contribution >= 4 is 35.0 Å². The SMILES string of the molecule is COc1cc(OC)c(OC)cc1/C=C1/C(=O)N(c2ccc(Cl)cc2)N=C1C. The number of hydrogen-bond donors (Lipinski definition) is 0. The summed E-state index contributed by atoms with van der Waals surface area (Å²) in [6, 6.07) is 10.4. The molecule has 0 atom stereocenters. The molecule has 0 fully saturated rings. The number of carbonyl (C=O) groups excluding carboxylic acids is 1. The number of methoxy groups -OCH3 is 3. The summed E-state index contributed by atoms with van der Waals surface area (Å²) in [5.74, 6) is 1.42. The Kier molecular flexibility index (Phi) is 5.37. The molecule has 7 heteroatoms. The van der Waals surface area contributed by atoms with Gasteiger partial charge in [-0.1, -0.05) is 11.6 Å². The zero-order valence-electron chi connectivity index (χ0n) is 15.4. The fourth-order valence-electron chi connectivity index (χ4n) is 2.76. The lowest BCUT2D eigenvalue weighted by Crippen LogP contribution is -2.21. The van der Waals surface area contributed by atoms with Gasteiger partial charge in [-0.15, -0.1) is 0 Å². The molecule has 2 aromatic rings. The summed E-state index contributed by atoms with van der Waals surface area (Å²) < 4.78 is 16.1. The molecule has 1 amide bonds. The Morgan fingerprint density at radius 3 is 2.15 bits per heavy atom. The summed E-state index contributed by atoms with van der Waals surface area (Å²) in [4.78, 5) is 12.9. The third kappa shape index (κ3) is 3.61. The van der Waals surface area contributed by atoms with Gasteiger partial charge >= 0.3 is 0 Å². The highest BCUT2D eigenvalue weighted by Gasteiger charge is 2.29. The number of benzene rings is 2. The topological polar surface area (TPSA) is 60.4 Å². The molecule has 1 heterocycles. The van der Waals surface area contributed by atoms with Crippen molar-refractivity contribution in [3.05, 3.63) is 52.6 Å². The average Bonchev–Trinajstić information content (AvgIpc) is 2.96. The maximum Gasteiger partial charge on any atom is 0.280 e. The van der Waals surface area contributed by atoms with E-state index in [1.54, 1.807) is 70.7 Å². The molecule has 0 radical (unpaired) electrons. The van der Waals surface area contributed by atoms with Gasteiger partial charge in [0.05, 0.1) is 38.3 Å². The molecule has 0 unspecified atom stereocenters. The van der Waals surface area contributed by atoms with Crippen molar-refractivity contribution in [3.8, 4) is 17.2 Å². The lowest BCUT2D eigenvalue weighted by molar-refractivity contribution is -0.114. The largest absolute Gasteiger partial charge is 0.496 e. The van der Waals surface area contributed by atoms with E-state index in [1.165, 1.54) is 5.01 Å². The van der Waals surface area contributed by atoms with Gasteiger partial charge in [-0.25, -0.2) is 0 Å². The molecule has 0 bridgehead atoms. The van der Waals surface area contributed by atoms with E-state index >= 15 is 0 Å². The molecule has 140 valence electrons. The summed E-state index contributed by atoms with van der Waals surface area (Å²) in [6.45, 7) is 1.78. The summed E-state index contributed by atoms with van der Waals surface area (Å²) >= 11 is 5.92. The first-order valence-corrected chi connectivity index (χ1v) is 8.53. The van der Waals surface area contributed by atoms with Crippen LogP contribution in [0.1, 0.15) is 12.5 Å². The number of halogens is 1.